The van der Waals surface area contributed by atoms with E-state index in [4.69, 9.17) is 33.2 Å². The van der Waals surface area contributed by atoms with E-state index in [1.807, 2.05) is 0 Å². The molecule has 1 rings (SSSR count). The molecule has 1 aromatic carbocycles. The van der Waals surface area contributed by atoms with Crippen molar-refractivity contribution in [3.63, 3.8) is 0 Å². The molecule has 2 N–H and O–H groups in total. The van der Waals surface area contributed by atoms with Crippen LogP contribution in [0.25, 0.3) is 0 Å². The fraction of sp³-hybridized carbons (Fsp3) is 0.267. The van der Waals surface area contributed by atoms with Gasteiger partial charge in [0.15, 0.2) is 0 Å². The van der Waals surface area contributed by atoms with E-state index >= 15 is 0 Å². The highest BCUT2D eigenvalue weighted by atomic mass is 35.5. The van der Waals surface area contributed by atoms with E-state index in [9.17, 15) is 9.59 Å². The largest absolute Gasteiger partial charge is 0.466 e. The molecular formula is C15H15Cl2N3O3. The molecule has 0 saturated heterocycles. The molecule has 122 valence electrons. The fourth-order valence-electron chi connectivity index (χ4n) is 1.52. The van der Waals surface area contributed by atoms with Gasteiger partial charge in [-0.1, -0.05) is 29.3 Å². The number of carbonyl (C=O) groups excluding carboxylic acids is 2. The zero-order chi connectivity index (χ0) is 17.2. The minimum atomic E-state index is -0.639. The smallest absolute Gasteiger partial charge is 0.307 e. The highest BCUT2D eigenvalue weighted by molar-refractivity contribution is 6.44. The first kappa shape index (κ1) is 18.8. The number of nitrogens with one attached hydrogen (secondary N) is 2. The third-order valence-corrected chi connectivity index (χ3v) is 3.41. The van der Waals surface area contributed by atoms with Crippen LogP contribution in [0.1, 0.15) is 13.3 Å². The Kier molecular flexibility index (Phi) is 7.95. The van der Waals surface area contributed by atoms with E-state index in [2.05, 4.69) is 10.6 Å². The van der Waals surface area contributed by atoms with Crippen LogP contribution >= 0.6 is 23.2 Å². The van der Waals surface area contributed by atoms with E-state index < -0.39 is 5.91 Å². The number of anilines is 1. The lowest BCUT2D eigenvalue weighted by atomic mass is 10.2. The Bertz CT molecular complexity index is 654. The van der Waals surface area contributed by atoms with Gasteiger partial charge in [-0.3, -0.25) is 9.59 Å². The van der Waals surface area contributed by atoms with Gasteiger partial charge in [0.2, 0.25) is 0 Å². The number of benzene rings is 1. The molecule has 6 nitrogen and oxygen atoms in total. The lowest BCUT2D eigenvalue weighted by Gasteiger charge is -2.07. The normalized spacial score (nSPS) is 10.6. The molecule has 0 aliphatic heterocycles. The Morgan fingerprint density at radius 1 is 1.39 bits per heavy atom. The van der Waals surface area contributed by atoms with Crippen LogP contribution in [0.5, 0.6) is 0 Å². The number of nitrogens with zero attached hydrogens (tertiary/aromatic N) is 1. The third kappa shape index (κ3) is 6.19. The summed E-state index contributed by atoms with van der Waals surface area (Å²) in [6, 6.07) is 6.53. The maximum atomic E-state index is 12.0. The summed E-state index contributed by atoms with van der Waals surface area (Å²) >= 11 is 11.8. The lowest BCUT2D eigenvalue weighted by Crippen LogP contribution is -2.19. The molecule has 0 unspecified atom stereocenters. The molecule has 0 bridgehead atoms. The summed E-state index contributed by atoms with van der Waals surface area (Å²) in [5.74, 6) is -0.998. The van der Waals surface area contributed by atoms with Crippen molar-refractivity contribution >= 4 is 40.8 Å². The number of ether oxygens (including phenoxy) is 1. The molecule has 1 aromatic rings. The maximum absolute atomic E-state index is 12.0. The maximum Gasteiger partial charge on any atom is 0.307 e. The number of carbonyl (C=O) groups is 2. The van der Waals surface area contributed by atoms with Crippen LogP contribution in [0.2, 0.25) is 10.0 Å². The predicted molar refractivity (Wildman–Crippen MR) is 88.0 cm³/mol. The van der Waals surface area contributed by atoms with Crippen molar-refractivity contribution < 1.29 is 14.3 Å². The highest BCUT2D eigenvalue weighted by Crippen LogP contribution is 2.29. The van der Waals surface area contributed by atoms with Gasteiger partial charge in [-0.15, -0.1) is 0 Å². The zero-order valence-corrected chi connectivity index (χ0v) is 13.9. The van der Waals surface area contributed by atoms with E-state index in [-0.39, 0.29) is 29.5 Å². The van der Waals surface area contributed by atoms with Gasteiger partial charge in [-0.05, 0) is 19.1 Å². The van der Waals surface area contributed by atoms with Gasteiger partial charge in [0, 0.05) is 12.7 Å². The van der Waals surface area contributed by atoms with Gasteiger partial charge >= 0.3 is 5.97 Å². The average molecular weight is 356 g/mol. The van der Waals surface area contributed by atoms with E-state index in [0.717, 1.165) is 0 Å². The van der Waals surface area contributed by atoms with Crippen molar-refractivity contribution in [2.45, 2.75) is 13.3 Å². The van der Waals surface area contributed by atoms with Crippen molar-refractivity contribution in [3.8, 4) is 6.07 Å². The number of hydrogen-bond acceptors (Lipinski definition) is 5. The molecule has 8 heteroatoms. The Hall–Kier alpha value is -2.23. The summed E-state index contributed by atoms with van der Waals surface area (Å²) in [6.45, 7) is 2.26. The molecule has 0 atom stereocenters. The fourth-order valence-corrected chi connectivity index (χ4v) is 1.87. The summed E-state index contributed by atoms with van der Waals surface area (Å²) in [6.07, 6.45) is 1.36. The monoisotopic (exact) mass is 355 g/mol. The zero-order valence-electron chi connectivity index (χ0n) is 12.4. The SMILES string of the molecule is CCOC(=O)CCN/C=C(/C#N)C(=O)Nc1cccc(Cl)c1Cl. The second-order valence-corrected chi connectivity index (χ2v) is 5.02. The van der Waals surface area contributed by atoms with Crippen LogP contribution in [0.4, 0.5) is 5.69 Å². The number of amides is 1. The second kappa shape index (κ2) is 9.72. The minimum absolute atomic E-state index is 0.130. The first-order valence-electron chi connectivity index (χ1n) is 6.74. The molecule has 0 saturated carbocycles. The van der Waals surface area contributed by atoms with Crippen LogP contribution < -0.4 is 10.6 Å². The number of halogens is 2. The Morgan fingerprint density at radius 3 is 2.78 bits per heavy atom. The molecule has 0 spiro atoms. The summed E-state index contributed by atoms with van der Waals surface area (Å²) in [5.41, 5.74) is 0.141. The van der Waals surface area contributed by atoms with Gasteiger partial charge in [0.05, 0.1) is 28.8 Å². The standard InChI is InChI=1S/C15H15Cl2N3O3/c1-2-23-13(21)6-7-19-9-10(8-18)15(22)20-12-5-3-4-11(16)14(12)17/h3-5,9,19H,2,6-7H2,1H3,(H,20,22)/b10-9-. The predicted octanol–water partition coefficient (Wildman–Crippen LogP) is 2.88. The van der Waals surface area contributed by atoms with Gasteiger partial charge < -0.3 is 15.4 Å². The first-order chi connectivity index (χ1) is 11.0. The van der Waals surface area contributed by atoms with Crippen LogP contribution in [-0.4, -0.2) is 25.0 Å². The van der Waals surface area contributed by atoms with Gasteiger partial charge in [-0.25, -0.2) is 0 Å². The quantitative estimate of drug-likeness (QED) is 0.339. The van der Waals surface area contributed by atoms with Crippen LogP contribution in [0, 0.1) is 11.3 Å². The third-order valence-electron chi connectivity index (χ3n) is 2.59. The number of rotatable bonds is 7. The lowest BCUT2D eigenvalue weighted by molar-refractivity contribution is -0.142. The molecule has 0 radical (unpaired) electrons. The van der Waals surface area contributed by atoms with E-state index in [1.54, 1.807) is 31.2 Å². The molecule has 1 amide bonds. The van der Waals surface area contributed by atoms with Crippen molar-refractivity contribution in [2.24, 2.45) is 0 Å². The van der Waals surface area contributed by atoms with E-state index in [1.165, 1.54) is 6.20 Å². The van der Waals surface area contributed by atoms with Crippen LogP contribution in [0.3, 0.4) is 0 Å². The molecule has 0 fully saturated rings. The van der Waals surface area contributed by atoms with Crippen molar-refractivity contribution in [2.75, 3.05) is 18.5 Å². The number of esters is 1. The van der Waals surface area contributed by atoms with Gasteiger partial charge in [-0.2, -0.15) is 5.26 Å². The average Bonchev–Trinajstić information content (AvgIpc) is 2.52. The number of nitriles is 1. The molecule has 0 aromatic heterocycles. The minimum Gasteiger partial charge on any atom is -0.466 e. The first-order valence-corrected chi connectivity index (χ1v) is 7.49. The van der Waals surface area contributed by atoms with Crippen molar-refractivity contribution in [1.29, 1.82) is 5.26 Å². The van der Waals surface area contributed by atoms with E-state index in [0.29, 0.717) is 17.3 Å². The molecule has 0 heterocycles. The Labute approximate surface area is 144 Å². The van der Waals surface area contributed by atoms with Crippen molar-refractivity contribution in [3.05, 3.63) is 40.0 Å². The molecular weight excluding hydrogens is 341 g/mol. The van der Waals surface area contributed by atoms with Gasteiger partial charge in [0.1, 0.15) is 11.6 Å². The topological polar surface area (TPSA) is 91.2 Å². The Morgan fingerprint density at radius 2 is 2.13 bits per heavy atom. The Balaban J connectivity index is 2.61. The summed E-state index contributed by atoms with van der Waals surface area (Å²) in [4.78, 5) is 23.1. The van der Waals surface area contributed by atoms with Crippen molar-refractivity contribution in [1.82, 2.24) is 5.32 Å². The summed E-state index contributed by atoms with van der Waals surface area (Å²) in [5, 5.41) is 14.7. The molecule has 0 aliphatic rings. The highest BCUT2D eigenvalue weighted by Gasteiger charge is 2.12. The molecule has 23 heavy (non-hydrogen) atoms. The van der Waals surface area contributed by atoms with Crippen LogP contribution in [0.15, 0.2) is 30.0 Å². The van der Waals surface area contributed by atoms with Gasteiger partial charge in [0.25, 0.3) is 5.91 Å². The second-order valence-electron chi connectivity index (χ2n) is 4.23. The van der Waals surface area contributed by atoms with Crippen LogP contribution in [-0.2, 0) is 14.3 Å². The summed E-state index contributed by atoms with van der Waals surface area (Å²) in [7, 11) is 0. The molecule has 0 aliphatic carbocycles. The number of hydrogen-bond donors (Lipinski definition) is 2. The summed E-state index contributed by atoms with van der Waals surface area (Å²) < 4.78 is 4.76.